The topological polar surface area (TPSA) is 97.1 Å². The van der Waals surface area contributed by atoms with Gasteiger partial charge in [0.15, 0.2) is 0 Å². The monoisotopic (exact) mass is 258 g/mol. The molecular weight excluding hydrogens is 240 g/mol. The van der Waals surface area contributed by atoms with Crippen LogP contribution in [0.2, 0.25) is 0 Å². The van der Waals surface area contributed by atoms with Crippen LogP contribution in [-0.2, 0) is 10.0 Å². The van der Waals surface area contributed by atoms with Gasteiger partial charge in [0.1, 0.15) is 4.90 Å². The number of nitrogens with one attached hydrogen (secondary N) is 2. The first-order valence-corrected chi connectivity index (χ1v) is 7.00. The summed E-state index contributed by atoms with van der Waals surface area (Å²) in [5.41, 5.74) is 2.68. The minimum atomic E-state index is -3.54. The first-order valence-electron chi connectivity index (χ1n) is 5.52. The fourth-order valence-electron chi connectivity index (χ4n) is 1.37. The zero-order valence-corrected chi connectivity index (χ0v) is 10.6. The van der Waals surface area contributed by atoms with Crippen molar-refractivity contribution in [1.29, 1.82) is 0 Å². The maximum atomic E-state index is 11.9. The number of hydrogen-bond donors (Lipinski definition) is 3. The Kier molecular flexibility index (Phi) is 5.33. The SMILES string of the molecule is CCCCCNS(=O)(=O)c1cnccc1NN. The molecule has 1 rings (SSSR count). The van der Waals surface area contributed by atoms with E-state index in [4.69, 9.17) is 5.84 Å². The normalized spacial score (nSPS) is 11.4. The van der Waals surface area contributed by atoms with Gasteiger partial charge in [0, 0.05) is 18.9 Å². The molecule has 0 saturated heterocycles. The molecular formula is C10H18N4O2S. The lowest BCUT2D eigenvalue weighted by Gasteiger charge is -2.09. The summed E-state index contributed by atoms with van der Waals surface area (Å²) in [4.78, 5) is 3.86. The number of pyridine rings is 1. The third-order valence-electron chi connectivity index (χ3n) is 2.30. The molecule has 0 amide bonds. The molecule has 0 unspecified atom stereocenters. The van der Waals surface area contributed by atoms with Crippen molar-refractivity contribution < 1.29 is 8.42 Å². The lowest BCUT2D eigenvalue weighted by atomic mass is 10.3. The highest BCUT2D eigenvalue weighted by Crippen LogP contribution is 2.17. The molecule has 1 aromatic rings. The molecule has 0 radical (unpaired) electrons. The summed E-state index contributed by atoms with van der Waals surface area (Å²) in [6, 6.07) is 1.51. The van der Waals surface area contributed by atoms with Crippen molar-refractivity contribution >= 4 is 15.7 Å². The van der Waals surface area contributed by atoms with Gasteiger partial charge in [-0.25, -0.2) is 13.1 Å². The van der Waals surface area contributed by atoms with Gasteiger partial charge < -0.3 is 5.43 Å². The van der Waals surface area contributed by atoms with Gasteiger partial charge >= 0.3 is 0 Å². The Hall–Kier alpha value is -1.18. The molecule has 0 saturated carbocycles. The molecule has 96 valence electrons. The molecule has 4 N–H and O–H groups in total. The number of unbranched alkanes of at least 4 members (excludes halogenated alkanes) is 2. The van der Waals surface area contributed by atoms with Gasteiger partial charge in [-0.05, 0) is 12.5 Å². The van der Waals surface area contributed by atoms with Gasteiger partial charge in [-0.3, -0.25) is 10.8 Å². The highest BCUT2D eigenvalue weighted by Gasteiger charge is 2.17. The van der Waals surface area contributed by atoms with E-state index in [1.54, 1.807) is 0 Å². The van der Waals surface area contributed by atoms with E-state index in [0.717, 1.165) is 19.3 Å². The number of hydrazine groups is 1. The summed E-state index contributed by atoms with van der Waals surface area (Å²) in [6.45, 7) is 2.49. The molecule has 0 aliphatic carbocycles. The minimum Gasteiger partial charge on any atom is -0.323 e. The van der Waals surface area contributed by atoms with Crippen LogP contribution < -0.4 is 16.0 Å². The number of hydrogen-bond acceptors (Lipinski definition) is 5. The van der Waals surface area contributed by atoms with E-state index in [1.165, 1.54) is 18.5 Å². The number of nitrogens with two attached hydrogens (primary N) is 1. The number of sulfonamides is 1. The number of anilines is 1. The van der Waals surface area contributed by atoms with Crippen molar-refractivity contribution in [2.24, 2.45) is 5.84 Å². The summed E-state index contributed by atoms with van der Waals surface area (Å²) in [5, 5.41) is 0. The summed E-state index contributed by atoms with van der Waals surface area (Å²) < 4.78 is 26.4. The molecule has 1 heterocycles. The predicted molar refractivity (Wildman–Crippen MR) is 66.8 cm³/mol. The summed E-state index contributed by atoms with van der Waals surface area (Å²) >= 11 is 0. The van der Waals surface area contributed by atoms with Crippen molar-refractivity contribution in [3.05, 3.63) is 18.5 Å². The average Bonchev–Trinajstić information content (AvgIpc) is 2.34. The highest BCUT2D eigenvalue weighted by molar-refractivity contribution is 7.89. The first-order chi connectivity index (χ1) is 8.11. The Morgan fingerprint density at radius 3 is 2.82 bits per heavy atom. The van der Waals surface area contributed by atoms with Gasteiger partial charge in [-0.15, -0.1) is 0 Å². The molecule has 0 aromatic carbocycles. The number of nitrogens with zero attached hydrogens (tertiary/aromatic N) is 1. The van der Waals surface area contributed by atoms with Crippen LogP contribution >= 0.6 is 0 Å². The highest BCUT2D eigenvalue weighted by atomic mass is 32.2. The molecule has 7 heteroatoms. The van der Waals surface area contributed by atoms with Crippen molar-refractivity contribution in [2.45, 2.75) is 31.1 Å². The Morgan fingerprint density at radius 2 is 2.18 bits per heavy atom. The van der Waals surface area contributed by atoms with Crippen LogP contribution in [0, 0.1) is 0 Å². The van der Waals surface area contributed by atoms with Crippen LogP contribution in [0.25, 0.3) is 0 Å². The molecule has 0 fully saturated rings. The Balaban J connectivity index is 2.75. The van der Waals surface area contributed by atoms with E-state index in [2.05, 4.69) is 22.1 Å². The van der Waals surface area contributed by atoms with Crippen LogP contribution in [0.1, 0.15) is 26.2 Å². The second kappa shape index (κ2) is 6.53. The maximum absolute atomic E-state index is 11.9. The number of nitrogen functional groups attached to an aromatic ring is 1. The lowest BCUT2D eigenvalue weighted by Crippen LogP contribution is -2.26. The predicted octanol–water partition coefficient (Wildman–Crippen LogP) is 0.836. The Bertz CT molecular complexity index is 447. The van der Waals surface area contributed by atoms with E-state index in [9.17, 15) is 8.42 Å². The standard InChI is InChI=1S/C10H18N4O2S/c1-2-3-4-6-13-17(15,16)10-8-12-7-5-9(10)14-11/h5,7-8,13H,2-4,6,11H2,1H3,(H,12,14). The number of rotatable bonds is 7. The zero-order chi connectivity index (χ0) is 12.7. The van der Waals surface area contributed by atoms with Crippen molar-refractivity contribution in [1.82, 2.24) is 9.71 Å². The Morgan fingerprint density at radius 1 is 1.41 bits per heavy atom. The van der Waals surface area contributed by atoms with E-state index < -0.39 is 10.0 Å². The number of aromatic nitrogens is 1. The zero-order valence-electron chi connectivity index (χ0n) is 9.81. The lowest BCUT2D eigenvalue weighted by molar-refractivity contribution is 0.576. The molecule has 0 aliphatic heterocycles. The van der Waals surface area contributed by atoms with Gasteiger partial charge in [-0.2, -0.15) is 0 Å². The van der Waals surface area contributed by atoms with Gasteiger partial charge in [0.05, 0.1) is 5.69 Å². The van der Waals surface area contributed by atoms with Crippen LogP contribution in [-0.4, -0.2) is 19.9 Å². The molecule has 0 atom stereocenters. The van der Waals surface area contributed by atoms with Crippen LogP contribution in [0.4, 0.5) is 5.69 Å². The molecule has 17 heavy (non-hydrogen) atoms. The second-order valence-corrected chi connectivity index (χ2v) is 5.36. The largest absolute Gasteiger partial charge is 0.323 e. The van der Waals surface area contributed by atoms with Crippen molar-refractivity contribution in [3.8, 4) is 0 Å². The smallest absolute Gasteiger partial charge is 0.244 e. The summed E-state index contributed by atoms with van der Waals surface area (Å²) in [5.74, 6) is 5.25. The van der Waals surface area contributed by atoms with E-state index >= 15 is 0 Å². The van der Waals surface area contributed by atoms with Crippen LogP contribution in [0.15, 0.2) is 23.4 Å². The van der Waals surface area contributed by atoms with E-state index in [-0.39, 0.29) is 4.90 Å². The Labute approximate surface area is 102 Å². The van der Waals surface area contributed by atoms with Crippen molar-refractivity contribution in [2.75, 3.05) is 12.0 Å². The third kappa shape index (κ3) is 3.95. The summed E-state index contributed by atoms with van der Waals surface area (Å²) in [7, 11) is -3.54. The van der Waals surface area contributed by atoms with E-state index in [1.807, 2.05) is 0 Å². The van der Waals surface area contributed by atoms with Gasteiger partial charge in [0.2, 0.25) is 10.0 Å². The summed E-state index contributed by atoms with van der Waals surface area (Å²) in [6.07, 6.45) is 5.62. The van der Waals surface area contributed by atoms with Gasteiger partial charge in [0.25, 0.3) is 0 Å². The molecule has 6 nitrogen and oxygen atoms in total. The van der Waals surface area contributed by atoms with Crippen LogP contribution in [0.3, 0.4) is 0 Å². The fourth-order valence-corrected chi connectivity index (χ4v) is 2.56. The molecule has 0 spiro atoms. The molecule has 1 aromatic heterocycles. The third-order valence-corrected chi connectivity index (χ3v) is 3.79. The van der Waals surface area contributed by atoms with E-state index in [0.29, 0.717) is 12.2 Å². The van der Waals surface area contributed by atoms with Crippen molar-refractivity contribution in [3.63, 3.8) is 0 Å². The second-order valence-electron chi connectivity index (χ2n) is 3.62. The fraction of sp³-hybridized carbons (Fsp3) is 0.500. The molecule has 0 bridgehead atoms. The average molecular weight is 258 g/mol. The maximum Gasteiger partial charge on any atom is 0.244 e. The quantitative estimate of drug-likeness (QED) is 0.382. The molecule has 0 aliphatic rings. The minimum absolute atomic E-state index is 0.0685. The van der Waals surface area contributed by atoms with Crippen LogP contribution in [0.5, 0.6) is 0 Å². The van der Waals surface area contributed by atoms with Gasteiger partial charge in [-0.1, -0.05) is 19.8 Å². The first kappa shape index (κ1) is 13.9.